The van der Waals surface area contributed by atoms with Crippen LogP contribution in [-0.2, 0) is 0 Å². The molecule has 0 aliphatic heterocycles. The van der Waals surface area contributed by atoms with Gasteiger partial charge in [0.05, 0.1) is 10.7 Å². The Hall–Kier alpha value is -3.17. The highest BCUT2D eigenvalue weighted by Gasteiger charge is 2.15. The average Bonchev–Trinajstić information content (AvgIpc) is 3.29. The second-order valence-corrected chi connectivity index (χ2v) is 8.96. The van der Waals surface area contributed by atoms with Crippen LogP contribution in [0.15, 0.2) is 67.0 Å². The van der Waals surface area contributed by atoms with Crippen LogP contribution < -0.4 is 11.2 Å². The number of carbonyl (C=O) groups is 2. The molecule has 2 aromatic heterocycles. The Bertz CT molecular complexity index is 1380. The SMILES string of the molecule is Cc1cc(/C=N\NC(=O)c2cc3cc(Br)cc(Br)c3o2)c(C)n1-c1ccc(C(N)=O)cc1. The van der Waals surface area contributed by atoms with Crippen LogP contribution >= 0.6 is 31.9 Å². The number of hydrogen-bond donors (Lipinski definition) is 2. The summed E-state index contributed by atoms with van der Waals surface area (Å²) in [7, 11) is 0. The van der Waals surface area contributed by atoms with Gasteiger partial charge in [-0.2, -0.15) is 5.10 Å². The van der Waals surface area contributed by atoms with E-state index in [4.69, 9.17) is 10.2 Å². The largest absolute Gasteiger partial charge is 0.450 e. The molecule has 7 nitrogen and oxygen atoms in total. The fourth-order valence-electron chi connectivity index (χ4n) is 3.49. The molecule has 0 aliphatic carbocycles. The molecular weight excluding hydrogens is 540 g/mol. The summed E-state index contributed by atoms with van der Waals surface area (Å²) >= 11 is 6.85. The van der Waals surface area contributed by atoms with Crippen molar-refractivity contribution >= 4 is 60.9 Å². The zero-order valence-electron chi connectivity index (χ0n) is 17.1. The highest BCUT2D eigenvalue weighted by Crippen LogP contribution is 2.31. The number of carbonyl (C=O) groups excluding carboxylic acids is 2. The predicted octanol–water partition coefficient (Wildman–Crippen LogP) is 5.23. The Morgan fingerprint density at radius 3 is 2.50 bits per heavy atom. The molecule has 3 N–H and O–H groups in total. The molecule has 32 heavy (non-hydrogen) atoms. The quantitative estimate of drug-likeness (QED) is 0.259. The summed E-state index contributed by atoms with van der Waals surface area (Å²) in [5, 5.41) is 4.89. The molecule has 0 atom stereocenters. The number of furan rings is 1. The first-order valence-corrected chi connectivity index (χ1v) is 11.1. The van der Waals surface area contributed by atoms with E-state index in [0.717, 1.165) is 37.0 Å². The van der Waals surface area contributed by atoms with Gasteiger partial charge in [-0.1, -0.05) is 15.9 Å². The van der Waals surface area contributed by atoms with E-state index in [-0.39, 0.29) is 5.76 Å². The van der Waals surface area contributed by atoms with E-state index in [2.05, 4.69) is 42.4 Å². The summed E-state index contributed by atoms with van der Waals surface area (Å²) in [6.07, 6.45) is 1.59. The van der Waals surface area contributed by atoms with E-state index in [1.807, 2.05) is 48.7 Å². The maximum Gasteiger partial charge on any atom is 0.307 e. The Morgan fingerprint density at radius 1 is 1.09 bits per heavy atom. The van der Waals surface area contributed by atoms with Crippen molar-refractivity contribution in [1.29, 1.82) is 0 Å². The van der Waals surface area contributed by atoms with Gasteiger partial charge in [-0.3, -0.25) is 9.59 Å². The number of halogens is 2. The van der Waals surface area contributed by atoms with Crippen molar-refractivity contribution in [2.75, 3.05) is 0 Å². The van der Waals surface area contributed by atoms with E-state index in [1.54, 1.807) is 24.4 Å². The molecule has 0 bridgehead atoms. The minimum atomic E-state index is -0.467. The lowest BCUT2D eigenvalue weighted by Gasteiger charge is -2.10. The van der Waals surface area contributed by atoms with Crippen molar-refractivity contribution < 1.29 is 14.0 Å². The summed E-state index contributed by atoms with van der Waals surface area (Å²) in [6, 6.07) is 14.4. The zero-order valence-corrected chi connectivity index (χ0v) is 20.3. The standard InChI is InChI=1S/C23H18Br2N4O3/c1-12-7-16(13(2)29(12)18-5-3-14(4-6-18)22(26)30)11-27-28-23(31)20-9-15-8-17(24)10-19(25)21(15)32-20/h3-11H,1-2H3,(H2,26,30)(H,28,31)/b27-11-. The van der Waals surface area contributed by atoms with Crippen LogP contribution in [0.3, 0.4) is 0 Å². The molecule has 4 rings (SSSR count). The first-order valence-electron chi connectivity index (χ1n) is 9.56. The fourth-order valence-corrected chi connectivity index (χ4v) is 4.83. The van der Waals surface area contributed by atoms with Gasteiger partial charge in [-0.15, -0.1) is 0 Å². The number of aryl methyl sites for hydroxylation is 1. The van der Waals surface area contributed by atoms with Crippen LogP contribution in [0.5, 0.6) is 0 Å². The van der Waals surface area contributed by atoms with Gasteiger partial charge in [-0.05, 0) is 78.3 Å². The summed E-state index contributed by atoms with van der Waals surface area (Å²) in [5.41, 5.74) is 12.5. The first-order chi connectivity index (χ1) is 15.2. The topological polar surface area (TPSA) is 103 Å². The van der Waals surface area contributed by atoms with Gasteiger partial charge in [0.2, 0.25) is 5.91 Å². The molecule has 0 fully saturated rings. The van der Waals surface area contributed by atoms with Crippen LogP contribution in [0.1, 0.15) is 37.9 Å². The van der Waals surface area contributed by atoms with E-state index in [1.165, 1.54) is 0 Å². The maximum atomic E-state index is 12.5. The van der Waals surface area contributed by atoms with Crippen molar-refractivity contribution in [2.24, 2.45) is 10.8 Å². The van der Waals surface area contributed by atoms with Crippen LogP contribution in [0.2, 0.25) is 0 Å². The van der Waals surface area contributed by atoms with Gasteiger partial charge in [-0.25, -0.2) is 5.43 Å². The summed E-state index contributed by atoms with van der Waals surface area (Å²) in [4.78, 5) is 23.8. The lowest BCUT2D eigenvalue weighted by Crippen LogP contribution is -2.16. The molecular formula is C23H18Br2N4O3. The van der Waals surface area contributed by atoms with Crippen molar-refractivity contribution in [2.45, 2.75) is 13.8 Å². The number of nitrogens with zero attached hydrogens (tertiary/aromatic N) is 2. The molecule has 0 saturated heterocycles. The number of primary amides is 1. The number of benzene rings is 2. The average molecular weight is 558 g/mol. The smallest absolute Gasteiger partial charge is 0.307 e. The van der Waals surface area contributed by atoms with E-state index in [9.17, 15) is 9.59 Å². The monoisotopic (exact) mass is 556 g/mol. The maximum absolute atomic E-state index is 12.5. The molecule has 0 unspecified atom stereocenters. The highest BCUT2D eigenvalue weighted by atomic mass is 79.9. The normalized spacial score (nSPS) is 11.4. The van der Waals surface area contributed by atoms with Gasteiger partial charge >= 0.3 is 5.91 Å². The van der Waals surface area contributed by atoms with Crippen LogP contribution in [-0.4, -0.2) is 22.6 Å². The number of aromatic nitrogens is 1. The van der Waals surface area contributed by atoms with E-state index < -0.39 is 11.8 Å². The van der Waals surface area contributed by atoms with Crippen molar-refractivity contribution in [3.05, 3.63) is 85.8 Å². The Kier molecular flexibility index (Phi) is 6.03. The molecule has 0 saturated carbocycles. The number of amides is 2. The van der Waals surface area contributed by atoms with Gasteiger partial charge in [0.25, 0.3) is 0 Å². The molecule has 2 heterocycles. The molecule has 4 aromatic rings. The third-order valence-corrected chi connectivity index (χ3v) is 6.06. The third-order valence-electron chi connectivity index (χ3n) is 5.01. The number of hydrogen-bond acceptors (Lipinski definition) is 4. The molecule has 0 aliphatic rings. The molecule has 9 heteroatoms. The van der Waals surface area contributed by atoms with Crippen LogP contribution in [0.4, 0.5) is 0 Å². The zero-order chi connectivity index (χ0) is 23.0. The second kappa shape index (κ2) is 8.76. The minimum Gasteiger partial charge on any atom is -0.450 e. The number of fused-ring (bicyclic) bond motifs is 1. The first kappa shape index (κ1) is 22.0. The highest BCUT2D eigenvalue weighted by molar-refractivity contribution is 9.11. The minimum absolute atomic E-state index is 0.163. The molecule has 0 radical (unpaired) electrons. The Morgan fingerprint density at radius 2 is 1.81 bits per heavy atom. The van der Waals surface area contributed by atoms with E-state index in [0.29, 0.717) is 11.1 Å². The second-order valence-electron chi connectivity index (χ2n) is 7.19. The Labute approximate surface area is 200 Å². The summed E-state index contributed by atoms with van der Waals surface area (Å²) in [5.74, 6) is -0.752. The molecule has 2 aromatic carbocycles. The lowest BCUT2D eigenvalue weighted by atomic mass is 10.2. The van der Waals surface area contributed by atoms with Gasteiger partial charge in [0.1, 0.15) is 5.58 Å². The van der Waals surface area contributed by atoms with Gasteiger partial charge in [0.15, 0.2) is 5.76 Å². The lowest BCUT2D eigenvalue weighted by molar-refractivity contribution is 0.0928. The van der Waals surface area contributed by atoms with Crippen LogP contribution in [0, 0.1) is 13.8 Å². The molecule has 162 valence electrons. The number of rotatable bonds is 5. The van der Waals surface area contributed by atoms with Gasteiger partial charge < -0.3 is 14.7 Å². The van der Waals surface area contributed by atoms with Gasteiger partial charge in [0, 0.05) is 38.1 Å². The molecule has 0 spiro atoms. The Balaban J connectivity index is 1.53. The number of hydrazone groups is 1. The number of nitrogens with one attached hydrogen (secondary N) is 1. The van der Waals surface area contributed by atoms with E-state index >= 15 is 0 Å². The fraction of sp³-hybridized carbons (Fsp3) is 0.0870. The summed E-state index contributed by atoms with van der Waals surface area (Å²) < 4.78 is 9.32. The summed E-state index contributed by atoms with van der Waals surface area (Å²) in [6.45, 7) is 3.92. The van der Waals surface area contributed by atoms with Crippen LogP contribution in [0.25, 0.3) is 16.7 Å². The predicted molar refractivity (Wildman–Crippen MR) is 130 cm³/mol. The van der Waals surface area contributed by atoms with Crippen molar-refractivity contribution in [1.82, 2.24) is 9.99 Å². The van der Waals surface area contributed by atoms with Crippen molar-refractivity contribution in [3.63, 3.8) is 0 Å². The van der Waals surface area contributed by atoms with Crippen molar-refractivity contribution in [3.8, 4) is 5.69 Å². The molecule has 2 amide bonds. The third kappa shape index (κ3) is 4.26. The number of nitrogens with two attached hydrogens (primary N) is 1.